The van der Waals surface area contributed by atoms with Crippen molar-refractivity contribution >= 4 is 17.3 Å². The van der Waals surface area contributed by atoms with Crippen molar-refractivity contribution in [3.63, 3.8) is 0 Å². The van der Waals surface area contributed by atoms with Crippen molar-refractivity contribution in [2.75, 3.05) is 31.1 Å². The van der Waals surface area contributed by atoms with Gasteiger partial charge < -0.3 is 9.47 Å². The first-order valence-electron chi connectivity index (χ1n) is 13.1. The largest absolute Gasteiger partial charge is 0.340 e. The van der Waals surface area contributed by atoms with Gasteiger partial charge in [-0.05, 0) is 47.7 Å². The van der Waals surface area contributed by atoms with Gasteiger partial charge in [0.2, 0.25) is 5.91 Å². The summed E-state index contributed by atoms with van der Waals surface area (Å²) in [5.74, 6) is 1.23. The predicted molar refractivity (Wildman–Crippen MR) is 144 cm³/mol. The van der Waals surface area contributed by atoms with Gasteiger partial charge in [-0.2, -0.15) is 0 Å². The number of carbonyl (C=O) groups excluding carboxylic acids is 1. The summed E-state index contributed by atoms with van der Waals surface area (Å²) < 4.78 is 18.0. The number of likely N-dealkylation sites (tertiary alicyclic amines) is 1. The molecule has 1 unspecified atom stereocenters. The number of anilines is 1. The Morgan fingerprint density at radius 3 is 2.74 bits per heavy atom. The van der Waals surface area contributed by atoms with Gasteiger partial charge in [-0.1, -0.05) is 24.3 Å². The van der Waals surface area contributed by atoms with Crippen LogP contribution in [0.25, 0.3) is 33.2 Å². The molecule has 2 aromatic heterocycles. The average Bonchev–Trinajstić information content (AvgIpc) is 3.71. The number of nitrogens with zero attached hydrogens (tertiary/aromatic N) is 6. The van der Waals surface area contributed by atoms with Crippen LogP contribution in [0.3, 0.4) is 0 Å². The molecule has 0 N–H and O–H groups in total. The highest BCUT2D eigenvalue weighted by Gasteiger charge is 2.34. The Bertz CT molecular complexity index is 1580. The Morgan fingerprint density at radius 2 is 1.95 bits per heavy atom. The first-order valence-corrected chi connectivity index (χ1v) is 13.1. The van der Waals surface area contributed by atoms with E-state index in [9.17, 15) is 9.18 Å². The Kier molecular flexibility index (Phi) is 5.41. The van der Waals surface area contributed by atoms with Crippen LogP contribution in [0, 0.1) is 12.5 Å². The van der Waals surface area contributed by atoms with Crippen LogP contribution in [0.4, 0.5) is 15.8 Å². The second kappa shape index (κ2) is 8.96. The molecule has 8 heteroatoms. The molecule has 0 saturated carbocycles. The Labute approximate surface area is 220 Å². The zero-order valence-corrected chi connectivity index (χ0v) is 20.9. The maximum Gasteiger partial charge on any atom is 0.227 e. The minimum atomic E-state index is -0.738. The maximum absolute atomic E-state index is 13.6. The molecule has 0 radical (unpaired) electrons. The van der Waals surface area contributed by atoms with Gasteiger partial charge in [0.15, 0.2) is 11.5 Å². The van der Waals surface area contributed by atoms with Gasteiger partial charge in [0.05, 0.1) is 18.0 Å². The van der Waals surface area contributed by atoms with Crippen molar-refractivity contribution in [2.45, 2.75) is 25.6 Å². The molecule has 38 heavy (non-hydrogen) atoms. The van der Waals surface area contributed by atoms with E-state index >= 15 is 0 Å². The Morgan fingerprint density at radius 1 is 1.08 bits per heavy atom. The quantitative estimate of drug-likeness (QED) is 0.310. The van der Waals surface area contributed by atoms with Crippen LogP contribution in [-0.2, 0) is 11.3 Å². The lowest BCUT2D eigenvalue weighted by Crippen LogP contribution is -2.30. The first kappa shape index (κ1) is 22.9. The molecule has 2 fully saturated rings. The van der Waals surface area contributed by atoms with E-state index in [-0.39, 0.29) is 11.8 Å². The molecule has 5 heterocycles. The number of alkyl halides is 1. The number of imidazole rings is 1. The van der Waals surface area contributed by atoms with E-state index in [2.05, 4.69) is 48.3 Å². The van der Waals surface area contributed by atoms with E-state index in [0.29, 0.717) is 38.2 Å². The normalized spacial score (nSPS) is 20.6. The third-order valence-corrected chi connectivity index (χ3v) is 8.01. The van der Waals surface area contributed by atoms with Crippen molar-refractivity contribution in [3.05, 3.63) is 84.1 Å². The first-order chi connectivity index (χ1) is 18.6. The molecule has 3 aliphatic rings. The van der Waals surface area contributed by atoms with E-state index < -0.39 is 6.17 Å². The van der Waals surface area contributed by atoms with Crippen molar-refractivity contribution in [2.24, 2.45) is 5.92 Å². The smallest absolute Gasteiger partial charge is 0.227 e. The summed E-state index contributed by atoms with van der Waals surface area (Å²) >= 11 is 0. The number of benzene rings is 2. The van der Waals surface area contributed by atoms with E-state index in [4.69, 9.17) is 6.57 Å². The minimum absolute atomic E-state index is 0.134. The van der Waals surface area contributed by atoms with Crippen LogP contribution in [-0.4, -0.2) is 57.3 Å². The number of halogens is 1. The molecule has 0 spiro atoms. The second-order valence-corrected chi connectivity index (χ2v) is 10.6. The maximum atomic E-state index is 13.6. The molecule has 4 aromatic rings. The molecule has 0 bridgehead atoms. The number of rotatable bonds is 4. The fourth-order valence-electron chi connectivity index (χ4n) is 6.16. The summed E-state index contributed by atoms with van der Waals surface area (Å²) in [6.07, 6.45) is 6.29. The number of aromatic nitrogens is 3. The highest BCUT2D eigenvalue weighted by molar-refractivity contribution is 5.96. The van der Waals surface area contributed by atoms with Gasteiger partial charge in [-0.15, -0.1) is 0 Å². The number of amides is 1. The third-order valence-electron chi connectivity index (χ3n) is 8.01. The van der Waals surface area contributed by atoms with Crippen molar-refractivity contribution < 1.29 is 9.18 Å². The molecule has 2 saturated heterocycles. The summed E-state index contributed by atoms with van der Waals surface area (Å²) in [7, 11) is 0. The van der Waals surface area contributed by atoms with Gasteiger partial charge in [0, 0.05) is 69.0 Å². The lowest BCUT2D eigenvalue weighted by atomic mass is 10.1. The molecule has 7 nitrogen and oxygen atoms in total. The molecule has 7 rings (SSSR count). The number of carbonyl (C=O) groups is 1. The molecule has 2 aromatic carbocycles. The molecular formula is C30H27FN6O. The summed E-state index contributed by atoms with van der Waals surface area (Å²) in [6, 6.07) is 16.0. The lowest BCUT2D eigenvalue weighted by Gasteiger charge is -2.21. The summed E-state index contributed by atoms with van der Waals surface area (Å²) in [5, 5.41) is 0. The van der Waals surface area contributed by atoms with E-state index in [1.807, 2.05) is 47.6 Å². The van der Waals surface area contributed by atoms with Crippen LogP contribution in [0.2, 0.25) is 0 Å². The second-order valence-electron chi connectivity index (χ2n) is 10.6. The van der Waals surface area contributed by atoms with Crippen molar-refractivity contribution in [1.82, 2.24) is 19.0 Å². The molecule has 2 atom stereocenters. The van der Waals surface area contributed by atoms with Gasteiger partial charge in [-0.25, -0.2) is 14.2 Å². The average molecular weight is 507 g/mol. The van der Waals surface area contributed by atoms with Crippen LogP contribution in [0.1, 0.15) is 18.4 Å². The van der Waals surface area contributed by atoms with Gasteiger partial charge in [0.25, 0.3) is 0 Å². The highest BCUT2D eigenvalue weighted by Crippen LogP contribution is 2.36. The predicted octanol–water partition coefficient (Wildman–Crippen LogP) is 5.32. The van der Waals surface area contributed by atoms with Crippen LogP contribution in [0.15, 0.2) is 67.1 Å². The zero-order chi connectivity index (χ0) is 25.8. The van der Waals surface area contributed by atoms with Crippen LogP contribution >= 0.6 is 0 Å². The SMILES string of the molecule is [C-]#[N+]c1ccc(-c2cc3n(c2)Cc2cc(N4C[C@@H](CN5CCC(F)C5)CC4=O)ccc2-n2ccnc2-3)cc1. The highest BCUT2D eigenvalue weighted by atomic mass is 19.1. The molecule has 3 aliphatic heterocycles. The fraction of sp³-hybridized carbons (Fsp3) is 0.300. The summed E-state index contributed by atoms with van der Waals surface area (Å²) in [4.78, 5) is 25.2. The topological polar surface area (TPSA) is 50.7 Å². The van der Waals surface area contributed by atoms with Gasteiger partial charge >= 0.3 is 0 Å². The van der Waals surface area contributed by atoms with E-state index in [1.54, 1.807) is 0 Å². The van der Waals surface area contributed by atoms with E-state index in [0.717, 1.165) is 52.7 Å². The molecule has 190 valence electrons. The zero-order valence-electron chi connectivity index (χ0n) is 20.9. The van der Waals surface area contributed by atoms with Gasteiger partial charge in [0.1, 0.15) is 6.17 Å². The Hall–Kier alpha value is -4.22. The van der Waals surface area contributed by atoms with Gasteiger partial charge in [-0.3, -0.25) is 14.3 Å². The third kappa shape index (κ3) is 3.91. The summed E-state index contributed by atoms with van der Waals surface area (Å²) in [5.41, 5.74) is 6.84. The Balaban J connectivity index is 1.19. The van der Waals surface area contributed by atoms with Crippen molar-refractivity contribution in [1.29, 1.82) is 0 Å². The number of fused-ring (bicyclic) bond motifs is 5. The number of hydrogen-bond acceptors (Lipinski definition) is 3. The standard InChI is InChI=1S/C30H27FN6O/c1-32-25-4-2-21(3-5-25)22-14-28-30-33-9-11-36(30)27-7-6-26(13-23(27)18-35(28)17-22)37-16-20(12-29(37)38)15-34-10-8-24(31)19-34/h2-7,9,11,13-14,17,20,24H,8,10,12,15-16,18-19H2/t20-,24?/m1/s1. The van der Waals surface area contributed by atoms with E-state index in [1.165, 1.54) is 0 Å². The molecule has 0 aliphatic carbocycles. The monoisotopic (exact) mass is 506 g/mol. The minimum Gasteiger partial charge on any atom is -0.340 e. The fourth-order valence-corrected chi connectivity index (χ4v) is 6.16. The molecular weight excluding hydrogens is 479 g/mol. The molecule has 1 amide bonds. The number of hydrogen-bond donors (Lipinski definition) is 0. The lowest BCUT2D eigenvalue weighted by molar-refractivity contribution is -0.117. The van der Waals surface area contributed by atoms with Crippen molar-refractivity contribution in [3.8, 4) is 28.3 Å². The van der Waals surface area contributed by atoms with Crippen LogP contribution < -0.4 is 4.90 Å². The summed E-state index contributed by atoms with van der Waals surface area (Å²) in [6.45, 7) is 10.6. The van der Waals surface area contributed by atoms with Crippen LogP contribution in [0.5, 0.6) is 0 Å².